The Morgan fingerprint density at radius 1 is 1.25 bits per heavy atom. The molecule has 0 fully saturated rings. The lowest BCUT2D eigenvalue weighted by Crippen LogP contribution is -2.13. The Kier molecular flexibility index (Phi) is 3.36. The molecule has 0 radical (unpaired) electrons. The van der Waals surface area contributed by atoms with Gasteiger partial charge in [-0.25, -0.2) is 4.39 Å². The van der Waals surface area contributed by atoms with E-state index < -0.39 is 5.82 Å². The van der Waals surface area contributed by atoms with Crippen LogP contribution in [-0.2, 0) is 4.79 Å². The molecule has 1 amide bonds. The normalized spacial score (nSPS) is 10.1. The van der Waals surface area contributed by atoms with E-state index in [1.807, 2.05) is 6.07 Å². The van der Waals surface area contributed by atoms with Gasteiger partial charge < -0.3 is 0 Å². The van der Waals surface area contributed by atoms with Gasteiger partial charge in [-0.1, -0.05) is 12.1 Å². The average molecular weight is 300 g/mol. The number of carbonyl (C=O) groups is 1. The van der Waals surface area contributed by atoms with E-state index in [0.29, 0.717) is 11.4 Å². The van der Waals surface area contributed by atoms with Crippen LogP contribution in [0.3, 0.4) is 0 Å². The van der Waals surface area contributed by atoms with Crippen molar-refractivity contribution in [3.8, 4) is 0 Å². The molecule has 2 nitrogen and oxygen atoms in total. The van der Waals surface area contributed by atoms with Gasteiger partial charge in [0.15, 0.2) is 0 Å². The highest BCUT2D eigenvalue weighted by molar-refractivity contribution is 9.11. The summed E-state index contributed by atoms with van der Waals surface area (Å²) in [5, 5.41) is 0.673. The van der Waals surface area contributed by atoms with Crippen LogP contribution in [-0.4, -0.2) is 6.41 Å². The van der Waals surface area contributed by atoms with Crippen LogP contribution in [0, 0.1) is 5.82 Å². The molecule has 1 heterocycles. The summed E-state index contributed by atoms with van der Waals surface area (Å²) in [5.74, 6) is -0.417. The first kappa shape index (κ1) is 11.3. The first-order valence-electron chi connectivity index (χ1n) is 4.47. The molecule has 2 rings (SSSR count). The Balaban J connectivity index is 2.44. The van der Waals surface area contributed by atoms with Crippen molar-refractivity contribution in [1.82, 2.24) is 0 Å². The SMILES string of the molecule is O=CN(c1ccc(Br)s1)c1ccccc1F. The van der Waals surface area contributed by atoms with Crippen LogP contribution in [0.25, 0.3) is 0 Å². The van der Waals surface area contributed by atoms with Crippen LogP contribution in [0.1, 0.15) is 0 Å². The van der Waals surface area contributed by atoms with Crippen LogP contribution in [0.4, 0.5) is 15.1 Å². The molecule has 0 saturated heterocycles. The maximum absolute atomic E-state index is 13.5. The lowest BCUT2D eigenvalue weighted by Gasteiger charge is -2.15. The highest BCUT2D eigenvalue weighted by atomic mass is 79.9. The molecular weight excluding hydrogens is 293 g/mol. The highest BCUT2D eigenvalue weighted by Crippen LogP contribution is 2.34. The zero-order chi connectivity index (χ0) is 11.5. The van der Waals surface area contributed by atoms with E-state index in [1.54, 1.807) is 24.3 Å². The number of carbonyl (C=O) groups excluding carboxylic acids is 1. The molecule has 0 aliphatic carbocycles. The topological polar surface area (TPSA) is 20.3 Å². The lowest BCUT2D eigenvalue weighted by molar-refractivity contribution is -0.106. The van der Waals surface area contributed by atoms with Gasteiger partial charge in [-0.3, -0.25) is 9.69 Å². The summed E-state index contributed by atoms with van der Waals surface area (Å²) in [6.45, 7) is 0. The molecule has 0 N–H and O–H groups in total. The van der Waals surface area contributed by atoms with E-state index in [-0.39, 0.29) is 5.69 Å². The van der Waals surface area contributed by atoms with Gasteiger partial charge in [0.25, 0.3) is 0 Å². The minimum absolute atomic E-state index is 0.256. The van der Waals surface area contributed by atoms with Gasteiger partial charge >= 0.3 is 0 Å². The fourth-order valence-corrected chi connectivity index (χ4v) is 2.65. The Morgan fingerprint density at radius 3 is 2.56 bits per heavy atom. The standard InChI is InChI=1S/C11H7BrFNOS/c12-10-5-6-11(16-10)14(7-15)9-4-2-1-3-8(9)13/h1-7H. The number of benzene rings is 1. The Bertz CT molecular complexity index is 514. The second-order valence-electron chi connectivity index (χ2n) is 3.00. The van der Waals surface area contributed by atoms with E-state index in [4.69, 9.17) is 0 Å². The summed E-state index contributed by atoms with van der Waals surface area (Å²) in [6, 6.07) is 9.75. The van der Waals surface area contributed by atoms with Crippen molar-refractivity contribution in [2.75, 3.05) is 4.90 Å². The van der Waals surface area contributed by atoms with Crippen LogP contribution < -0.4 is 4.90 Å². The first-order chi connectivity index (χ1) is 7.72. The minimum Gasteiger partial charge on any atom is -0.278 e. The Labute approximate surface area is 104 Å². The summed E-state index contributed by atoms with van der Waals surface area (Å²) in [4.78, 5) is 12.3. The quantitative estimate of drug-likeness (QED) is 0.786. The molecule has 1 aromatic carbocycles. The molecule has 0 saturated carbocycles. The van der Waals surface area contributed by atoms with E-state index in [1.165, 1.54) is 22.3 Å². The monoisotopic (exact) mass is 299 g/mol. The van der Waals surface area contributed by atoms with Crippen LogP contribution in [0.5, 0.6) is 0 Å². The largest absolute Gasteiger partial charge is 0.278 e. The molecule has 16 heavy (non-hydrogen) atoms. The van der Waals surface area contributed by atoms with Crippen molar-refractivity contribution in [3.05, 3.63) is 46.0 Å². The Morgan fingerprint density at radius 2 is 2.00 bits per heavy atom. The maximum atomic E-state index is 13.5. The molecule has 0 aliphatic heterocycles. The smallest absolute Gasteiger partial charge is 0.219 e. The molecule has 0 spiro atoms. The molecule has 2 aromatic rings. The molecule has 82 valence electrons. The number of rotatable bonds is 3. The summed E-state index contributed by atoms with van der Waals surface area (Å²) in [6.07, 6.45) is 0.608. The fourth-order valence-electron chi connectivity index (χ4n) is 1.31. The van der Waals surface area contributed by atoms with Crippen LogP contribution in [0.15, 0.2) is 40.2 Å². The van der Waals surface area contributed by atoms with Gasteiger partial charge in [0.05, 0.1) is 9.47 Å². The van der Waals surface area contributed by atoms with Gasteiger partial charge in [0.1, 0.15) is 10.8 Å². The molecular formula is C11H7BrFNOS. The summed E-state index contributed by atoms with van der Waals surface area (Å²) in [5.41, 5.74) is 0.256. The summed E-state index contributed by atoms with van der Waals surface area (Å²) < 4.78 is 14.4. The molecule has 1 aromatic heterocycles. The summed E-state index contributed by atoms with van der Waals surface area (Å²) in [7, 11) is 0. The van der Waals surface area contributed by atoms with E-state index in [2.05, 4.69) is 15.9 Å². The maximum Gasteiger partial charge on any atom is 0.219 e. The first-order valence-corrected chi connectivity index (χ1v) is 6.07. The number of halogens is 2. The van der Waals surface area contributed by atoms with Gasteiger partial charge in [-0.2, -0.15) is 0 Å². The van der Waals surface area contributed by atoms with E-state index in [9.17, 15) is 9.18 Å². The van der Waals surface area contributed by atoms with Gasteiger partial charge in [0.2, 0.25) is 6.41 Å². The van der Waals surface area contributed by atoms with Crippen molar-refractivity contribution in [3.63, 3.8) is 0 Å². The molecule has 0 unspecified atom stereocenters. The van der Waals surface area contributed by atoms with Crippen molar-refractivity contribution < 1.29 is 9.18 Å². The van der Waals surface area contributed by atoms with Crippen molar-refractivity contribution in [1.29, 1.82) is 0 Å². The third kappa shape index (κ3) is 2.15. The van der Waals surface area contributed by atoms with Gasteiger partial charge in [-0.15, -0.1) is 11.3 Å². The van der Waals surface area contributed by atoms with Crippen LogP contribution in [0.2, 0.25) is 0 Å². The van der Waals surface area contributed by atoms with Crippen molar-refractivity contribution in [2.24, 2.45) is 0 Å². The number of thiophene rings is 1. The zero-order valence-electron chi connectivity index (χ0n) is 8.06. The number of hydrogen-bond acceptors (Lipinski definition) is 2. The number of nitrogens with zero attached hydrogens (tertiary/aromatic N) is 1. The number of anilines is 2. The van der Waals surface area contributed by atoms with Gasteiger partial charge in [0, 0.05) is 0 Å². The second kappa shape index (κ2) is 4.76. The van der Waals surface area contributed by atoms with Gasteiger partial charge in [-0.05, 0) is 40.2 Å². The third-order valence-corrected chi connectivity index (χ3v) is 3.64. The van der Waals surface area contributed by atoms with Crippen molar-refractivity contribution >= 4 is 44.4 Å². The van der Waals surface area contributed by atoms with Crippen LogP contribution >= 0.6 is 27.3 Å². The number of hydrogen-bond donors (Lipinski definition) is 0. The predicted molar refractivity (Wildman–Crippen MR) is 66.6 cm³/mol. The molecule has 0 aliphatic rings. The molecule has 0 atom stereocenters. The third-order valence-electron chi connectivity index (χ3n) is 2.01. The molecule has 0 bridgehead atoms. The average Bonchev–Trinajstić information content (AvgIpc) is 2.69. The second-order valence-corrected chi connectivity index (χ2v) is 5.45. The zero-order valence-corrected chi connectivity index (χ0v) is 10.5. The van der Waals surface area contributed by atoms with Crippen molar-refractivity contribution in [2.45, 2.75) is 0 Å². The van der Waals surface area contributed by atoms with E-state index >= 15 is 0 Å². The lowest BCUT2D eigenvalue weighted by atomic mass is 10.3. The Hall–Kier alpha value is -1.20. The summed E-state index contributed by atoms with van der Waals surface area (Å²) >= 11 is 4.67. The predicted octanol–water partition coefficient (Wildman–Crippen LogP) is 3.94. The minimum atomic E-state index is -0.417. The molecule has 5 heteroatoms. The number of amides is 1. The van der Waals surface area contributed by atoms with E-state index in [0.717, 1.165) is 3.79 Å². The highest BCUT2D eigenvalue weighted by Gasteiger charge is 2.13. The number of para-hydroxylation sites is 1. The fraction of sp³-hybridized carbons (Fsp3) is 0.